The van der Waals surface area contributed by atoms with Crippen LogP contribution >= 0.6 is 0 Å². The first-order chi connectivity index (χ1) is 31.3. The molecule has 0 saturated heterocycles. The van der Waals surface area contributed by atoms with Crippen LogP contribution in [-0.4, -0.2) is 0 Å². The number of aryl methyl sites for hydroxylation is 2. The molecular weight excluding hydrogens is 757 g/mol. The summed E-state index contributed by atoms with van der Waals surface area (Å²) in [4.78, 5) is 0. The summed E-state index contributed by atoms with van der Waals surface area (Å²) < 4.78 is 0. The van der Waals surface area contributed by atoms with Crippen LogP contribution in [0.3, 0.4) is 0 Å². The molecule has 0 unspecified atom stereocenters. The summed E-state index contributed by atoms with van der Waals surface area (Å²) in [6.45, 7) is 9.17. The van der Waals surface area contributed by atoms with Crippen LogP contribution in [0.4, 0.5) is 0 Å². The van der Waals surface area contributed by atoms with Crippen LogP contribution in [0, 0.1) is 6.92 Å². The molecule has 0 aliphatic heterocycles. The third-order valence-corrected chi connectivity index (χ3v) is 15.0. The molecule has 0 bridgehead atoms. The Kier molecular flexibility index (Phi) is 49.9. The maximum atomic E-state index is 4.55. The first-order valence-corrected chi connectivity index (χ1v) is 30.2. The van der Waals surface area contributed by atoms with Crippen molar-refractivity contribution in [1.29, 1.82) is 0 Å². The lowest BCUT2D eigenvalue weighted by Crippen LogP contribution is -1.97. The third-order valence-electron chi connectivity index (χ3n) is 15.0. The SMILES string of the molecule is [CH2]c1c(CCCCCCCCCCCCCCCCCCCCCCCCCCCC)cccc1CCCCCCCCCCCCCCCCCCCCCCCCCCCC. The molecule has 0 nitrogen and oxygen atoms in total. The van der Waals surface area contributed by atoms with Crippen LogP contribution in [0.1, 0.15) is 364 Å². The molecule has 1 aromatic carbocycles. The van der Waals surface area contributed by atoms with Gasteiger partial charge < -0.3 is 0 Å². The predicted octanol–water partition coefficient (Wildman–Crippen LogP) is 23.3. The molecule has 0 aliphatic carbocycles. The van der Waals surface area contributed by atoms with Crippen LogP contribution in [0.2, 0.25) is 0 Å². The van der Waals surface area contributed by atoms with E-state index in [0.29, 0.717) is 0 Å². The first-order valence-electron chi connectivity index (χ1n) is 30.2. The van der Waals surface area contributed by atoms with E-state index in [1.165, 1.54) is 363 Å². The lowest BCUT2D eigenvalue weighted by molar-refractivity contribution is 0.515. The maximum Gasteiger partial charge on any atom is -0.0233 e. The highest BCUT2D eigenvalue weighted by Gasteiger charge is 2.05. The molecule has 0 aromatic heterocycles. The predicted molar refractivity (Wildman–Crippen MR) is 290 cm³/mol. The second-order valence-electron chi connectivity index (χ2n) is 21.2. The monoisotopic (exact) mass is 876 g/mol. The second-order valence-corrected chi connectivity index (χ2v) is 21.2. The molecule has 0 N–H and O–H groups in total. The van der Waals surface area contributed by atoms with Gasteiger partial charge in [0.25, 0.3) is 0 Å². The maximum absolute atomic E-state index is 4.55. The van der Waals surface area contributed by atoms with Crippen molar-refractivity contribution in [2.45, 2.75) is 361 Å². The Morgan fingerprint density at radius 3 is 0.524 bits per heavy atom. The summed E-state index contributed by atoms with van der Waals surface area (Å²) in [5.74, 6) is 0. The van der Waals surface area contributed by atoms with Crippen LogP contribution in [-0.2, 0) is 12.8 Å². The molecule has 1 radical (unpaired) electrons. The fraction of sp³-hybridized carbons (Fsp3) is 0.889. The minimum atomic E-state index is 1.23. The van der Waals surface area contributed by atoms with Gasteiger partial charge in [-0.15, -0.1) is 0 Å². The van der Waals surface area contributed by atoms with Crippen molar-refractivity contribution in [3.63, 3.8) is 0 Å². The number of hydrogen-bond donors (Lipinski definition) is 0. The third kappa shape index (κ3) is 44.8. The Morgan fingerprint density at radius 1 is 0.222 bits per heavy atom. The number of unbranched alkanes of at least 4 members (excludes halogenated alkanes) is 50. The molecule has 0 spiro atoms. The molecule has 0 heteroatoms. The normalized spacial score (nSPS) is 11.7. The van der Waals surface area contributed by atoms with E-state index in [2.05, 4.69) is 39.0 Å². The average molecular weight is 877 g/mol. The highest BCUT2D eigenvalue weighted by Crippen LogP contribution is 2.22. The standard InChI is InChI=1S/C63H119/c1-4-6-8-10-12-14-16-18-20-22-24-26-28-30-32-34-36-38-40-42-44-46-48-50-52-54-57-62-59-56-60-63(61(62)3)58-55-53-51-49-47-45-43-41-39-37-35-33-31-29-27-25-23-21-19-17-15-13-11-9-7-5-2/h56,59-60H,3-55,57-58H2,1-2H3. The van der Waals surface area contributed by atoms with Crippen molar-refractivity contribution >= 4 is 0 Å². The lowest BCUT2D eigenvalue weighted by Gasteiger charge is -2.11. The first kappa shape index (κ1) is 60.2. The summed E-state index contributed by atoms with van der Waals surface area (Å²) in [5, 5.41) is 0. The van der Waals surface area contributed by atoms with Crippen LogP contribution in [0.25, 0.3) is 0 Å². The second kappa shape index (κ2) is 52.2. The van der Waals surface area contributed by atoms with Crippen molar-refractivity contribution in [3.8, 4) is 0 Å². The Bertz CT molecular complexity index is 900. The highest BCUT2D eigenvalue weighted by molar-refractivity contribution is 5.37. The Balaban J connectivity index is 1.80. The van der Waals surface area contributed by atoms with E-state index >= 15 is 0 Å². The summed E-state index contributed by atoms with van der Waals surface area (Å²) in [5.41, 5.74) is 4.40. The van der Waals surface area contributed by atoms with Crippen molar-refractivity contribution in [2.75, 3.05) is 0 Å². The minimum Gasteiger partial charge on any atom is -0.0654 e. The molecule has 0 atom stereocenters. The summed E-state index contributed by atoms with van der Waals surface area (Å²) in [6.07, 6.45) is 78.4. The van der Waals surface area contributed by atoms with Gasteiger partial charge in [0.05, 0.1) is 0 Å². The lowest BCUT2D eigenvalue weighted by atomic mass is 9.94. The Hall–Kier alpha value is -0.780. The number of hydrogen-bond acceptors (Lipinski definition) is 0. The van der Waals surface area contributed by atoms with E-state index in [0.717, 1.165) is 0 Å². The molecule has 0 amide bonds. The van der Waals surface area contributed by atoms with Crippen molar-refractivity contribution in [3.05, 3.63) is 41.8 Å². The molecule has 371 valence electrons. The molecule has 0 saturated carbocycles. The van der Waals surface area contributed by atoms with Gasteiger partial charge in [-0.2, -0.15) is 0 Å². The van der Waals surface area contributed by atoms with Crippen LogP contribution in [0.15, 0.2) is 18.2 Å². The molecule has 1 rings (SSSR count). The zero-order valence-electron chi connectivity index (χ0n) is 44.1. The molecular formula is C63H119. The zero-order valence-corrected chi connectivity index (χ0v) is 44.1. The quantitative estimate of drug-likeness (QED) is 0.0572. The fourth-order valence-corrected chi connectivity index (χ4v) is 10.4. The zero-order chi connectivity index (χ0) is 45.0. The number of benzene rings is 1. The van der Waals surface area contributed by atoms with Crippen LogP contribution < -0.4 is 0 Å². The van der Waals surface area contributed by atoms with Crippen molar-refractivity contribution in [1.82, 2.24) is 0 Å². The van der Waals surface area contributed by atoms with Gasteiger partial charge in [0.15, 0.2) is 0 Å². The molecule has 0 heterocycles. The van der Waals surface area contributed by atoms with Gasteiger partial charge in [-0.05, 0) is 49.3 Å². The van der Waals surface area contributed by atoms with E-state index in [4.69, 9.17) is 0 Å². The van der Waals surface area contributed by atoms with Gasteiger partial charge in [-0.3, -0.25) is 0 Å². The average Bonchev–Trinajstić information content (AvgIpc) is 3.29. The van der Waals surface area contributed by atoms with E-state index in [1.54, 1.807) is 0 Å². The van der Waals surface area contributed by atoms with E-state index in [-0.39, 0.29) is 0 Å². The van der Waals surface area contributed by atoms with Gasteiger partial charge in [0.1, 0.15) is 0 Å². The van der Waals surface area contributed by atoms with Gasteiger partial charge >= 0.3 is 0 Å². The van der Waals surface area contributed by atoms with E-state index in [9.17, 15) is 0 Å². The van der Waals surface area contributed by atoms with Gasteiger partial charge in [0, 0.05) is 0 Å². The Morgan fingerprint density at radius 2 is 0.365 bits per heavy atom. The summed E-state index contributed by atoms with van der Waals surface area (Å²) >= 11 is 0. The van der Waals surface area contributed by atoms with E-state index < -0.39 is 0 Å². The topological polar surface area (TPSA) is 0 Å². The van der Waals surface area contributed by atoms with Crippen molar-refractivity contribution in [2.24, 2.45) is 0 Å². The smallest absolute Gasteiger partial charge is 0.0233 e. The highest BCUT2D eigenvalue weighted by atomic mass is 14.1. The fourth-order valence-electron chi connectivity index (χ4n) is 10.4. The van der Waals surface area contributed by atoms with Gasteiger partial charge in [-0.25, -0.2) is 0 Å². The van der Waals surface area contributed by atoms with Gasteiger partial charge in [-0.1, -0.05) is 353 Å². The molecule has 63 heavy (non-hydrogen) atoms. The van der Waals surface area contributed by atoms with Crippen molar-refractivity contribution < 1.29 is 0 Å². The molecule has 1 aromatic rings. The minimum absolute atomic E-state index is 1.23. The van der Waals surface area contributed by atoms with Gasteiger partial charge in [0.2, 0.25) is 0 Å². The summed E-state index contributed by atoms with van der Waals surface area (Å²) in [7, 11) is 0. The van der Waals surface area contributed by atoms with Crippen LogP contribution in [0.5, 0.6) is 0 Å². The molecule has 0 aliphatic rings. The Labute approximate surface area is 400 Å². The largest absolute Gasteiger partial charge is 0.0654 e. The van der Waals surface area contributed by atoms with E-state index in [1.807, 2.05) is 0 Å². The number of rotatable bonds is 54. The summed E-state index contributed by atoms with van der Waals surface area (Å²) in [6, 6.07) is 7.01. The molecule has 0 fully saturated rings.